The Hall–Kier alpha value is -2.31. The SMILES string of the molecule is COc1ccc(C(=O)c2c(Cl)c(OC)c(OC)c(OC)c2Cl)cc1OC. The highest BCUT2D eigenvalue weighted by molar-refractivity contribution is 6.43. The molecule has 0 fully saturated rings. The second-order valence-electron chi connectivity index (χ2n) is 5.00. The molecule has 0 aromatic heterocycles. The van der Waals surface area contributed by atoms with E-state index >= 15 is 0 Å². The van der Waals surface area contributed by atoms with Crippen molar-refractivity contribution in [2.24, 2.45) is 0 Å². The van der Waals surface area contributed by atoms with Crippen LogP contribution in [0.15, 0.2) is 18.2 Å². The van der Waals surface area contributed by atoms with Crippen LogP contribution in [0.5, 0.6) is 28.7 Å². The van der Waals surface area contributed by atoms with Gasteiger partial charge in [-0.3, -0.25) is 4.79 Å². The van der Waals surface area contributed by atoms with Crippen LogP contribution in [-0.4, -0.2) is 41.3 Å². The quantitative estimate of drug-likeness (QED) is 0.646. The van der Waals surface area contributed by atoms with Crippen LogP contribution in [0.3, 0.4) is 0 Å². The molecule has 0 aliphatic carbocycles. The molecule has 8 heteroatoms. The highest BCUT2D eigenvalue weighted by Gasteiger charge is 2.29. The Kier molecular flexibility index (Phi) is 6.45. The fourth-order valence-corrected chi connectivity index (χ4v) is 3.23. The number of benzene rings is 2. The van der Waals surface area contributed by atoms with Gasteiger partial charge in [0, 0.05) is 5.56 Å². The van der Waals surface area contributed by atoms with Crippen molar-refractivity contribution >= 4 is 29.0 Å². The predicted octanol–water partition coefficient (Wildman–Crippen LogP) is 4.27. The molecule has 0 spiro atoms. The lowest BCUT2D eigenvalue weighted by molar-refractivity contribution is 0.103. The largest absolute Gasteiger partial charge is 0.493 e. The minimum absolute atomic E-state index is 0.0231. The van der Waals surface area contributed by atoms with E-state index in [1.807, 2.05) is 0 Å². The number of ether oxygens (including phenoxy) is 5. The van der Waals surface area contributed by atoms with Gasteiger partial charge < -0.3 is 23.7 Å². The van der Waals surface area contributed by atoms with E-state index < -0.39 is 5.78 Å². The van der Waals surface area contributed by atoms with E-state index in [0.29, 0.717) is 17.1 Å². The van der Waals surface area contributed by atoms with Crippen molar-refractivity contribution in [1.82, 2.24) is 0 Å². The molecule has 0 aliphatic rings. The Morgan fingerprint density at radius 2 is 1.23 bits per heavy atom. The van der Waals surface area contributed by atoms with Gasteiger partial charge >= 0.3 is 0 Å². The maximum absolute atomic E-state index is 13.1. The summed E-state index contributed by atoms with van der Waals surface area (Å²) in [7, 11) is 7.21. The summed E-state index contributed by atoms with van der Waals surface area (Å²) in [6, 6.07) is 4.74. The van der Waals surface area contributed by atoms with E-state index in [1.165, 1.54) is 41.6 Å². The number of rotatable bonds is 7. The zero-order chi connectivity index (χ0) is 19.4. The molecule has 0 saturated heterocycles. The highest BCUT2D eigenvalue weighted by atomic mass is 35.5. The molecule has 0 saturated carbocycles. The van der Waals surface area contributed by atoms with Crippen molar-refractivity contribution in [3.05, 3.63) is 39.4 Å². The summed E-state index contributed by atoms with van der Waals surface area (Å²) in [5.41, 5.74) is 0.343. The van der Waals surface area contributed by atoms with E-state index in [9.17, 15) is 4.79 Å². The van der Waals surface area contributed by atoms with Crippen LogP contribution in [0.1, 0.15) is 15.9 Å². The zero-order valence-electron chi connectivity index (χ0n) is 14.9. The molecule has 0 radical (unpaired) electrons. The summed E-state index contributed by atoms with van der Waals surface area (Å²) < 4.78 is 26.2. The lowest BCUT2D eigenvalue weighted by Gasteiger charge is -2.18. The standard InChI is InChI=1S/C18H18Cl2O6/c1-22-10-7-6-9(8-11(10)23-2)15(21)12-13(19)16(24-3)18(26-5)17(25-4)14(12)20/h6-8H,1-5H3. The topological polar surface area (TPSA) is 63.2 Å². The van der Waals surface area contributed by atoms with Crippen LogP contribution in [0, 0.1) is 0 Å². The minimum atomic E-state index is -0.430. The van der Waals surface area contributed by atoms with E-state index in [-0.39, 0.29) is 32.9 Å². The number of methoxy groups -OCH3 is 5. The van der Waals surface area contributed by atoms with E-state index in [2.05, 4.69) is 0 Å². The van der Waals surface area contributed by atoms with Crippen molar-refractivity contribution < 1.29 is 28.5 Å². The zero-order valence-corrected chi connectivity index (χ0v) is 16.4. The molecule has 0 bridgehead atoms. The second kappa shape index (κ2) is 8.38. The van der Waals surface area contributed by atoms with Crippen LogP contribution in [0.25, 0.3) is 0 Å². The number of halogens is 2. The molecule has 0 heterocycles. The average Bonchev–Trinajstić information content (AvgIpc) is 2.66. The Labute approximate surface area is 161 Å². The lowest BCUT2D eigenvalue weighted by atomic mass is 10.0. The van der Waals surface area contributed by atoms with Crippen LogP contribution in [0.4, 0.5) is 0 Å². The summed E-state index contributed by atoms with van der Waals surface area (Å²) >= 11 is 12.8. The molecule has 0 amide bonds. The molecule has 0 atom stereocenters. The third-order valence-corrected chi connectivity index (χ3v) is 4.46. The second-order valence-corrected chi connectivity index (χ2v) is 5.76. The number of ketones is 1. The van der Waals surface area contributed by atoms with E-state index in [4.69, 9.17) is 46.9 Å². The summed E-state index contributed by atoms with van der Waals surface area (Å²) in [6.07, 6.45) is 0. The lowest BCUT2D eigenvalue weighted by Crippen LogP contribution is -2.08. The minimum Gasteiger partial charge on any atom is -0.493 e. The molecular weight excluding hydrogens is 383 g/mol. The first-order valence-electron chi connectivity index (χ1n) is 7.38. The molecule has 2 rings (SSSR count). The van der Waals surface area contributed by atoms with Gasteiger partial charge in [0.25, 0.3) is 0 Å². The molecule has 0 N–H and O–H groups in total. The van der Waals surface area contributed by atoms with E-state index in [1.54, 1.807) is 12.1 Å². The number of hydrogen-bond donors (Lipinski definition) is 0. The number of hydrogen-bond acceptors (Lipinski definition) is 6. The molecule has 0 aliphatic heterocycles. The third-order valence-electron chi connectivity index (χ3n) is 3.74. The van der Waals surface area contributed by atoms with E-state index in [0.717, 1.165) is 0 Å². The van der Waals surface area contributed by atoms with Crippen molar-refractivity contribution in [3.63, 3.8) is 0 Å². The first kappa shape index (κ1) is 20.0. The average molecular weight is 401 g/mol. The summed E-state index contributed by atoms with van der Waals surface area (Å²) in [6.45, 7) is 0. The molecule has 6 nitrogen and oxygen atoms in total. The van der Waals surface area contributed by atoms with Gasteiger partial charge in [-0.15, -0.1) is 0 Å². The van der Waals surface area contributed by atoms with Gasteiger partial charge in [0.2, 0.25) is 5.75 Å². The van der Waals surface area contributed by atoms with Gasteiger partial charge in [-0.05, 0) is 18.2 Å². The smallest absolute Gasteiger partial charge is 0.206 e. The fourth-order valence-electron chi connectivity index (χ4n) is 2.50. The molecule has 0 unspecified atom stereocenters. The predicted molar refractivity (Wildman–Crippen MR) is 99.1 cm³/mol. The van der Waals surface area contributed by atoms with Crippen molar-refractivity contribution in [2.75, 3.05) is 35.5 Å². The van der Waals surface area contributed by atoms with Crippen LogP contribution in [-0.2, 0) is 0 Å². The number of carbonyl (C=O) groups is 1. The van der Waals surface area contributed by atoms with Gasteiger partial charge in [0.05, 0.1) is 51.2 Å². The monoisotopic (exact) mass is 400 g/mol. The van der Waals surface area contributed by atoms with Gasteiger partial charge in [-0.2, -0.15) is 0 Å². The molecule has 26 heavy (non-hydrogen) atoms. The van der Waals surface area contributed by atoms with Crippen LogP contribution >= 0.6 is 23.2 Å². The van der Waals surface area contributed by atoms with Gasteiger partial charge in [-0.1, -0.05) is 23.2 Å². The Bertz CT molecular complexity index is 804. The Morgan fingerprint density at radius 1 is 0.731 bits per heavy atom. The maximum atomic E-state index is 13.1. The number of carbonyl (C=O) groups excluding carboxylic acids is 1. The van der Waals surface area contributed by atoms with Crippen molar-refractivity contribution in [3.8, 4) is 28.7 Å². The van der Waals surface area contributed by atoms with Crippen LogP contribution in [0.2, 0.25) is 10.0 Å². The summed E-state index contributed by atoms with van der Waals surface area (Å²) in [5, 5.41) is 0.0462. The molecular formula is C18H18Cl2O6. The Morgan fingerprint density at radius 3 is 1.65 bits per heavy atom. The van der Waals surface area contributed by atoms with Crippen LogP contribution < -0.4 is 23.7 Å². The van der Waals surface area contributed by atoms with Gasteiger partial charge in [0.15, 0.2) is 28.8 Å². The Balaban J connectivity index is 2.70. The van der Waals surface area contributed by atoms with Crippen molar-refractivity contribution in [1.29, 1.82) is 0 Å². The normalized spacial score (nSPS) is 10.3. The highest BCUT2D eigenvalue weighted by Crippen LogP contribution is 2.50. The maximum Gasteiger partial charge on any atom is 0.206 e. The third kappa shape index (κ3) is 3.34. The molecule has 140 valence electrons. The summed E-state index contributed by atoms with van der Waals surface area (Å²) in [4.78, 5) is 13.1. The fraction of sp³-hybridized carbons (Fsp3) is 0.278. The van der Waals surface area contributed by atoms with Gasteiger partial charge in [0.1, 0.15) is 0 Å². The van der Waals surface area contributed by atoms with Crippen molar-refractivity contribution in [2.45, 2.75) is 0 Å². The molecule has 2 aromatic carbocycles. The first-order valence-corrected chi connectivity index (χ1v) is 8.14. The van der Waals surface area contributed by atoms with Gasteiger partial charge in [-0.25, -0.2) is 0 Å². The first-order chi connectivity index (χ1) is 12.4. The summed E-state index contributed by atoms with van der Waals surface area (Å²) in [5.74, 6) is 0.969. The molecule has 2 aromatic rings.